The van der Waals surface area contributed by atoms with Crippen molar-refractivity contribution in [3.8, 4) is 0 Å². The van der Waals surface area contributed by atoms with Crippen LogP contribution in [0.1, 0.15) is 6.92 Å². The minimum Gasteiger partial charge on any atom is -0.363 e. The van der Waals surface area contributed by atoms with Gasteiger partial charge in [-0.2, -0.15) is 0 Å². The largest absolute Gasteiger partial charge is 0.363 e. The Labute approximate surface area is 106 Å². The summed E-state index contributed by atoms with van der Waals surface area (Å²) >= 11 is 3.27. The van der Waals surface area contributed by atoms with Crippen LogP contribution in [0.25, 0.3) is 0 Å². The van der Waals surface area contributed by atoms with Gasteiger partial charge in [0.05, 0.1) is 15.4 Å². The molecular weight excluding hydrogens is 290 g/mol. The van der Waals surface area contributed by atoms with Crippen molar-refractivity contribution in [2.24, 2.45) is 0 Å². The van der Waals surface area contributed by atoms with E-state index in [1.807, 2.05) is 6.92 Å². The molecule has 8 heteroatoms. The van der Waals surface area contributed by atoms with E-state index in [0.717, 1.165) is 6.54 Å². The summed E-state index contributed by atoms with van der Waals surface area (Å²) in [6.07, 6.45) is 1.24. The first kappa shape index (κ1) is 12.2. The van der Waals surface area contributed by atoms with Gasteiger partial charge in [0, 0.05) is 18.7 Å². The number of halogens is 1. The van der Waals surface area contributed by atoms with Gasteiger partial charge in [0.1, 0.15) is 12.0 Å². The third-order valence-electron chi connectivity index (χ3n) is 2.61. The van der Waals surface area contributed by atoms with Crippen molar-refractivity contribution in [2.75, 3.05) is 11.9 Å². The summed E-state index contributed by atoms with van der Waals surface area (Å²) in [6.45, 7) is 2.81. The number of pyridine rings is 1. The average molecular weight is 302 g/mol. The second kappa shape index (κ2) is 4.94. The number of nitro groups is 1. The molecule has 2 rings (SSSR count). The topological polar surface area (TPSA) is 92.1 Å². The molecule has 1 aromatic heterocycles. The van der Waals surface area contributed by atoms with Gasteiger partial charge in [-0.05, 0) is 22.9 Å². The van der Waals surface area contributed by atoms with Crippen LogP contribution in [-0.2, 0) is 0 Å². The zero-order valence-corrected chi connectivity index (χ0v) is 10.7. The van der Waals surface area contributed by atoms with Crippen LogP contribution < -0.4 is 16.2 Å². The monoisotopic (exact) mass is 301 g/mol. The smallest absolute Gasteiger partial charge is 0.288 e. The first-order valence-electron chi connectivity index (χ1n) is 5.13. The molecule has 2 heterocycles. The maximum Gasteiger partial charge on any atom is 0.288 e. The lowest BCUT2D eigenvalue weighted by Crippen LogP contribution is -2.34. The molecule has 1 fully saturated rings. The highest BCUT2D eigenvalue weighted by Gasteiger charge is 2.23. The van der Waals surface area contributed by atoms with E-state index in [9.17, 15) is 10.1 Å². The molecule has 0 radical (unpaired) electrons. The van der Waals surface area contributed by atoms with E-state index in [4.69, 9.17) is 0 Å². The van der Waals surface area contributed by atoms with Crippen molar-refractivity contribution in [1.82, 2.24) is 15.8 Å². The number of hydrazine groups is 1. The maximum atomic E-state index is 10.6. The van der Waals surface area contributed by atoms with Crippen LogP contribution in [0, 0.1) is 10.1 Å². The van der Waals surface area contributed by atoms with Crippen LogP contribution in [0.15, 0.2) is 16.7 Å². The molecule has 0 aromatic carbocycles. The van der Waals surface area contributed by atoms with E-state index in [0.29, 0.717) is 10.3 Å². The normalized spacial score (nSPS) is 23.6. The van der Waals surface area contributed by atoms with E-state index in [1.54, 1.807) is 0 Å². The molecule has 92 valence electrons. The van der Waals surface area contributed by atoms with Crippen molar-refractivity contribution in [3.05, 3.63) is 26.9 Å². The molecule has 0 amide bonds. The maximum absolute atomic E-state index is 10.6. The van der Waals surface area contributed by atoms with Gasteiger partial charge >= 0.3 is 0 Å². The van der Waals surface area contributed by atoms with Crippen molar-refractivity contribution < 1.29 is 4.92 Å². The predicted molar refractivity (Wildman–Crippen MR) is 66.6 cm³/mol. The summed E-state index contributed by atoms with van der Waals surface area (Å²) < 4.78 is 0.589. The van der Waals surface area contributed by atoms with Gasteiger partial charge in [-0.1, -0.05) is 0 Å². The summed E-state index contributed by atoms with van der Waals surface area (Å²) in [5, 5.41) is 13.8. The van der Waals surface area contributed by atoms with E-state index in [-0.39, 0.29) is 17.8 Å². The van der Waals surface area contributed by atoms with Gasteiger partial charge in [0.15, 0.2) is 0 Å². The molecule has 17 heavy (non-hydrogen) atoms. The predicted octanol–water partition coefficient (Wildman–Crippen LogP) is 1.03. The highest BCUT2D eigenvalue weighted by molar-refractivity contribution is 9.10. The standard InChI is InChI=1S/C9H12BrN5O2/c1-5-8(4-12-14-5)13-9-7(10)2-6(3-11-9)15(16)17/h2-3,5,8,12,14H,4H2,1H3,(H,11,13). The average Bonchev–Trinajstić information content (AvgIpc) is 2.67. The number of nitrogens with zero attached hydrogens (tertiary/aromatic N) is 2. The zero-order valence-electron chi connectivity index (χ0n) is 9.11. The molecule has 1 aromatic rings. The molecule has 7 nitrogen and oxygen atoms in total. The van der Waals surface area contributed by atoms with Crippen molar-refractivity contribution >= 4 is 27.4 Å². The minimum atomic E-state index is -0.469. The Kier molecular flexibility index (Phi) is 3.55. The SMILES string of the molecule is CC1NNCC1Nc1ncc([N+](=O)[O-])cc1Br. The Hall–Kier alpha value is -1.25. The van der Waals surface area contributed by atoms with E-state index >= 15 is 0 Å². The van der Waals surface area contributed by atoms with Crippen LogP contribution in [0.5, 0.6) is 0 Å². The fourth-order valence-electron chi connectivity index (χ4n) is 1.59. The van der Waals surface area contributed by atoms with Crippen molar-refractivity contribution in [3.63, 3.8) is 0 Å². The van der Waals surface area contributed by atoms with Gasteiger partial charge in [-0.15, -0.1) is 0 Å². The van der Waals surface area contributed by atoms with Gasteiger partial charge in [0.2, 0.25) is 0 Å². The quantitative estimate of drug-likeness (QED) is 0.570. The number of nitrogens with one attached hydrogen (secondary N) is 3. The lowest BCUT2D eigenvalue weighted by atomic mass is 10.2. The number of hydrogen-bond acceptors (Lipinski definition) is 6. The van der Waals surface area contributed by atoms with Gasteiger partial charge in [0.25, 0.3) is 5.69 Å². The second-order valence-electron chi connectivity index (χ2n) is 3.85. The van der Waals surface area contributed by atoms with Crippen molar-refractivity contribution in [2.45, 2.75) is 19.0 Å². The molecule has 0 bridgehead atoms. The number of aromatic nitrogens is 1. The Balaban J connectivity index is 2.14. The van der Waals surface area contributed by atoms with Crippen LogP contribution in [-0.4, -0.2) is 28.5 Å². The summed E-state index contributed by atoms with van der Waals surface area (Å²) in [6, 6.07) is 1.90. The molecule has 0 saturated carbocycles. The molecule has 1 saturated heterocycles. The molecule has 2 unspecified atom stereocenters. The van der Waals surface area contributed by atoms with Gasteiger partial charge < -0.3 is 5.32 Å². The molecule has 1 aliphatic rings. The Morgan fingerprint density at radius 3 is 3.00 bits per heavy atom. The van der Waals surface area contributed by atoms with E-state index in [1.165, 1.54) is 12.3 Å². The fraction of sp³-hybridized carbons (Fsp3) is 0.444. The third kappa shape index (κ3) is 2.71. The zero-order chi connectivity index (χ0) is 12.4. The highest BCUT2D eigenvalue weighted by atomic mass is 79.9. The van der Waals surface area contributed by atoms with Gasteiger partial charge in [-0.3, -0.25) is 21.0 Å². The number of anilines is 1. The fourth-order valence-corrected chi connectivity index (χ4v) is 2.04. The summed E-state index contributed by atoms with van der Waals surface area (Å²) in [4.78, 5) is 14.1. The molecular formula is C9H12BrN5O2. The minimum absolute atomic E-state index is 0.0295. The van der Waals surface area contributed by atoms with Gasteiger partial charge in [-0.25, -0.2) is 4.98 Å². The van der Waals surface area contributed by atoms with Crippen LogP contribution >= 0.6 is 15.9 Å². The third-order valence-corrected chi connectivity index (χ3v) is 3.22. The number of hydrogen-bond donors (Lipinski definition) is 3. The lowest BCUT2D eigenvalue weighted by molar-refractivity contribution is -0.385. The van der Waals surface area contributed by atoms with Crippen molar-refractivity contribution in [1.29, 1.82) is 0 Å². The van der Waals surface area contributed by atoms with Crippen LogP contribution in [0.3, 0.4) is 0 Å². The summed E-state index contributed by atoms with van der Waals surface area (Å²) in [5.41, 5.74) is 6.07. The molecule has 2 atom stereocenters. The Morgan fingerprint density at radius 1 is 1.71 bits per heavy atom. The van der Waals surface area contributed by atoms with E-state index in [2.05, 4.69) is 37.1 Å². The summed E-state index contributed by atoms with van der Waals surface area (Å²) in [5.74, 6) is 0.609. The second-order valence-corrected chi connectivity index (χ2v) is 4.70. The first-order chi connectivity index (χ1) is 8.08. The molecule has 0 aliphatic carbocycles. The van der Waals surface area contributed by atoms with Crippen LogP contribution in [0.4, 0.5) is 11.5 Å². The molecule has 0 spiro atoms. The Bertz CT molecular complexity index is 441. The molecule has 1 aliphatic heterocycles. The van der Waals surface area contributed by atoms with E-state index < -0.39 is 4.92 Å². The summed E-state index contributed by atoms with van der Waals surface area (Å²) in [7, 11) is 0. The number of rotatable bonds is 3. The Morgan fingerprint density at radius 2 is 2.47 bits per heavy atom. The first-order valence-corrected chi connectivity index (χ1v) is 5.92. The van der Waals surface area contributed by atoms with Crippen LogP contribution in [0.2, 0.25) is 0 Å². The molecule has 3 N–H and O–H groups in total. The highest BCUT2D eigenvalue weighted by Crippen LogP contribution is 2.25. The lowest BCUT2D eigenvalue weighted by Gasteiger charge is -2.16.